The highest BCUT2D eigenvalue weighted by atomic mass is 16.7. The minimum atomic E-state index is -0.548. The summed E-state index contributed by atoms with van der Waals surface area (Å²) in [5, 5.41) is 0. The number of hydrogen-bond acceptors (Lipinski definition) is 5. The molecule has 21 heavy (non-hydrogen) atoms. The SMILES string of the molecule is CCC(C)C(=O)OC1CO[C@]2(C)C(OC(C)(C)C)CO[C@H]12. The third-order valence-corrected chi connectivity index (χ3v) is 4.31. The number of fused-ring (bicyclic) bond motifs is 1. The third-order valence-electron chi connectivity index (χ3n) is 4.31. The van der Waals surface area contributed by atoms with E-state index in [4.69, 9.17) is 18.9 Å². The van der Waals surface area contributed by atoms with Crippen LogP contribution in [0.5, 0.6) is 0 Å². The van der Waals surface area contributed by atoms with E-state index < -0.39 is 5.60 Å². The molecular formula is C16H28O5. The number of rotatable bonds is 4. The Morgan fingerprint density at radius 3 is 2.62 bits per heavy atom. The lowest BCUT2D eigenvalue weighted by Crippen LogP contribution is -2.48. The summed E-state index contributed by atoms with van der Waals surface area (Å²) >= 11 is 0. The van der Waals surface area contributed by atoms with Crippen LogP contribution in [-0.4, -0.2) is 48.7 Å². The Morgan fingerprint density at radius 1 is 1.38 bits per heavy atom. The summed E-state index contributed by atoms with van der Waals surface area (Å²) in [7, 11) is 0. The molecule has 0 saturated carbocycles. The molecule has 0 bridgehead atoms. The molecule has 2 fully saturated rings. The normalized spacial score (nSPS) is 37.3. The van der Waals surface area contributed by atoms with E-state index >= 15 is 0 Å². The maximum absolute atomic E-state index is 12.0. The van der Waals surface area contributed by atoms with E-state index in [1.807, 2.05) is 41.5 Å². The summed E-state index contributed by atoms with van der Waals surface area (Å²) in [6.07, 6.45) is 0.0306. The molecule has 2 aliphatic heterocycles. The van der Waals surface area contributed by atoms with Crippen molar-refractivity contribution in [2.24, 2.45) is 5.92 Å². The molecule has 0 N–H and O–H groups in total. The molecule has 2 saturated heterocycles. The van der Waals surface area contributed by atoms with E-state index in [2.05, 4.69) is 0 Å². The van der Waals surface area contributed by atoms with E-state index in [9.17, 15) is 4.79 Å². The lowest BCUT2D eigenvalue weighted by Gasteiger charge is -2.33. The highest BCUT2D eigenvalue weighted by molar-refractivity contribution is 5.72. The van der Waals surface area contributed by atoms with Crippen LogP contribution in [0.2, 0.25) is 0 Å². The zero-order chi connectivity index (χ0) is 15.8. The van der Waals surface area contributed by atoms with Crippen molar-refractivity contribution in [1.29, 1.82) is 0 Å². The highest BCUT2D eigenvalue weighted by Crippen LogP contribution is 2.41. The smallest absolute Gasteiger partial charge is 0.309 e. The largest absolute Gasteiger partial charge is 0.457 e. The Kier molecular flexibility index (Phi) is 4.66. The molecule has 0 aromatic carbocycles. The average Bonchev–Trinajstić information content (AvgIpc) is 2.85. The fourth-order valence-corrected chi connectivity index (χ4v) is 2.81. The topological polar surface area (TPSA) is 54.0 Å². The highest BCUT2D eigenvalue weighted by Gasteiger charge is 2.59. The van der Waals surface area contributed by atoms with Gasteiger partial charge in [-0.1, -0.05) is 13.8 Å². The summed E-state index contributed by atoms with van der Waals surface area (Å²) in [5.41, 5.74) is -0.811. The second-order valence-corrected chi connectivity index (χ2v) is 7.25. The Morgan fingerprint density at radius 2 is 2.05 bits per heavy atom. The third kappa shape index (κ3) is 3.41. The molecule has 3 unspecified atom stereocenters. The number of carbonyl (C=O) groups is 1. The fourth-order valence-electron chi connectivity index (χ4n) is 2.81. The Labute approximate surface area is 127 Å². The van der Waals surface area contributed by atoms with Gasteiger partial charge in [-0.25, -0.2) is 0 Å². The maximum Gasteiger partial charge on any atom is 0.309 e. The van der Waals surface area contributed by atoms with E-state index in [0.717, 1.165) is 6.42 Å². The van der Waals surface area contributed by atoms with Gasteiger partial charge in [0.25, 0.3) is 0 Å². The molecular weight excluding hydrogens is 272 g/mol. The first-order chi connectivity index (χ1) is 9.67. The summed E-state index contributed by atoms with van der Waals surface area (Å²) in [6, 6.07) is 0. The van der Waals surface area contributed by atoms with E-state index in [1.165, 1.54) is 0 Å². The molecule has 2 heterocycles. The lowest BCUT2D eigenvalue weighted by atomic mass is 9.94. The molecule has 0 aromatic rings. The zero-order valence-electron chi connectivity index (χ0n) is 14.0. The molecule has 0 amide bonds. The van der Waals surface area contributed by atoms with Crippen LogP contribution < -0.4 is 0 Å². The summed E-state index contributed by atoms with van der Waals surface area (Å²) in [5.74, 6) is -0.279. The molecule has 0 aliphatic carbocycles. The van der Waals surface area contributed by atoms with Gasteiger partial charge < -0.3 is 18.9 Å². The van der Waals surface area contributed by atoms with Crippen molar-refractivity contribution in [2.45, 2.75) is 77.5 Å². The quantitative estimate of drug-likeness (QED) is 0.746. The first-order valence-electron chi connectivity index (χ1n) is 7.81. The van der Waals surface area contributed by atoms with E-state index in [1.54, 1.807) is 0 Å². The number of carbonyl (C=O) groups excluding carboxylic acids is 1. The van der Waals surface area contributed by atoms with Crippen molar-refractivity contribution < 1.29 is 23.7 Å². The molecule has 0 spiro atoms. The van der Waals surface area contributed by atoms with Gasteiger partial charge in [0.1, 0.15) is 17.8 Å². The van der Waals surface area contributed by atoms with Gasteiger partial charge in [-0.15, -0.1) is 0 Å². The van der Waals surface area contributed by atoms with Gasteiger partial charge in [0.2, 0.25) is 0 Å². The molecule has 0 aromatic heterocycles. The maximum atomic E-state index is 12.0. The van der Waals surface area contributed by atoms with Crippen molar-refractivity contribution in [1.82, 2.24) is 0 Å². The second-order valence-electron chi connectivity index (χ2n) is 7.25. The second kappa shape index (κ2) is 5.86. The van der Waals surface area contributed by atoms with Crippen molar-refractivity contribution in [3.63, 3.8) is 0 Å². The van der Waals surface area contributed by atoms with Gasteiger partial charge in [0, 0.05) is 0 Å². The predicted octanol–water partition coefficient (Wildman–Crippen LogP) is 2.32. The summed E-state index contributed by atoms with van der Waals surface area (Å²) in [6.45, 7) is 12.7. The number of ether oxygens (including phenoxy) is 4. The molecule has 2 aliphatic rings. The van der Waals surface area contributed by atoms with Crippen LogP contribution in [0.4, 0.5) is 0 Å². The first-order valence-corrected chi connectivity index (χ1v) is 7.81. The number of esters is 1. The first kappa shape index (κ1) is 16.7. The minimum Gasteiger partial charge on any atom is -0.457 e. The van der Waals surface area contributed by atoms with Gasteiger partial charge in [0.05, 0.1) is 24.7 Å². The Hall–Kier alpha value is -0.650. The fraction of sp³-hybridized carbons (Fsp3) is 0.938. The van der Waals surface area contributed by atoms with Gasteiger partial charge in [-0.05, 0) is 34.1 Å². The molecule has 0 radical (unpaired) electrons. The average molecular weight is 300 g/mol. The van der Waals surface area contributed by atoms with Crippen LogP contribution in [0.25, 0.3) is 0 Å². The van der Waals surface area contributed by atoms with Gasteiger partial charge >= 0.3 is 5.97 Å². The van der Waals surface area contributed by atoms with Crippen LogP contribution in [-0.2, 0) is 23.7 Å². The molecule has 2 rings (SSSR count). The van der Waals surface area contributed by atoms with Gasteiger partial charge in [-0.2, -0.15) is 0 Å². The van der Waals surface area contributed by atoms with Crippen molar-refractivity contribution in [2.75, 3.05) is 13.2 Å². The van der Waals surface area contributed by atoms with Crippen LogP contribution >= 0.6 is 0 Å². The number of hydrogen-bond donors (Lipinski definition) is 0. The van der Waals surface area contributed by atoms with E-state index in [-0.39, 0.29) is 35.8 Å². The summed E-state index contributed by atoms with van der Waals surface area (Å²) in [4.78, 5) is 12.0. The van der Waals surface area contributed by atoms with Crippen LogP contribution in [0.1, 0.15) is 48.0 Å². The lowest BCUT2D eigenvalue weighted by molar-refractivity contribution is -0.158. The molecule has 5 nitrogen and oxygen atoms in total. The molecule has 122 valence electrons. The summed E-state index contributed by atoms with van der Waals surface area (Å²) < 4.78 is 23.4. The Balaban J connectivity index is 2.01. The zero-order valence-corrected chi connectivity index (χ0v) is 14.0. The van der Waals surface area contributed by atoms with Crippen molar-refractivity contribution in [3.8, 4) is 0 Å². The monoisotopic (exact) mass is 300 g/mol. The van der Waals surface area contributed by atoms with Crippen molar-refractivity contribution in [3.05, 3.63) is 0 Å². The van der Waals surface area contributed by atoms with Crippen molar-refractivity contribution >= 4 is 5.97 Å². The standard InChI is InChI=1S/C16H28O5/c1-7-10(2)14(17)20-11-8-19-16(6)12(9-18-13(11)16)21-15(3,4)5/h10-13H,7-9H2,1-6H3/t10?,11?,12?,13-,16-/m1/s1. The molecule has 5 heteroatoms. The van der Waals surface area contributed by atoms with E-state index in [0.29, 0.717) is 13.2 Å². The van der Waals surface area contributed by atoms with Crippen LogP contribution in [0.3, 0.4) is 0 Å². The molecule has 5 atom stereocenters. The minimum absolute atomic E-state index is 0.0973. The van der Waals surface area contributed by atoms with Gasteiger partial charge in [-0.3, -0.25) is 4.79 Å². The van der Waals surface area contributed by atoms with Crippen LogP contribution in [0, 0.1) is 5.92 Å². The predicted molar refractivity (Wildman–Crippen MR) is 78.1 cm³/mol. The van der Waals surface area contributed by atoms with Crippen LogP contribution in [0.15, 0.2) is 0 Å². The van der Waals surface area contributed by atoms with Gasteiger partial charge in [0.15, 0.2) is 6.10 Å². The Bertz CT molecular complexity index is 389.